The van der Waals surface area contributed by atoms with Crippen LogP contribution < -0.4 is 10.6 Å². The topological polar surface area (TPSA) is 77.7 Å². The number of guanidine groups is 1. The molecule has 142 valence electrons. The zero-order valence-corrected chi connectivity index (χ0v) is 16.1. The Morgan fingerprint density at radius 2 is 2.08 bits per heavy atom. The number of nitrogens with zero attached hydrogens (tertiary/aromatic N) is 4. The average molecular weight is 351 g/mol. The summed E-state index contributed by atoms with van der Waals surface area (Å²) < 4.78 is 1.69. The van der Waals surface area contributed by atoms with E-state index in [1.54, 1.807) is 17.8 Å². The van der Waals surface area contributed by atoms with Crippen molar-refractivity contribution < 1.29 is 5.11 Å². The first-order valence-electron chi connectivity index (χ1n) is 9.33. The highest BCUT2D eigenvalue weighted by Crippen LogP contribution is 2.20. The second kappa shape index (κ2) is 9.20. The van der Waals surface area contributed by atoms with Gasteiger partial charge in [0.25, 0.3) is 0 Å². The molecule has 1 aliphatic rings. The molecule has 0 amide bonds. The maximum Gasteiger partial charge on any atom is 0.191 e. The van der Waals surface area contributed by atoms with Gasteiger partial charge in [0.15, 0.2) is 5.96 Å². The van der Waals surface area contributed by atoms with Crippen LogP contribution in [0, 0.1) is 5.92 Å². The van der Waals surface area contributed by atoms with Crippen molar-refractivity contribution in [1.82, 2.24) is 25.3 Å². The Labute approximate surface area is 151 Å². The normalized spacial score (nSPS) is 19.6. The number of aromatic nitrogens is 2. The number of hydrogen-bond acceptors (Lipinski definition) is 4. The predicted molar refractivity (Wildman–Crippen MR) is 102 cm³/mol. The molecular weight excluding hydrogens is 316 g/mol. The fourth-order valence-electron chi connectivity index (χ4n) is 3.11. The van der Waals surface area contributed by atoms with E-state index < -0.39 is 5.60 Å². The molecule has 0 radical (unpaired) electrons. The van der Waals surface area contributed by atoms with E-state index in [1.165, 1.54) is 25.9 Å². The van der Waals surface area contributed by atoms with Crippen LogP contribution in [0.2, 0.25) is 0 Å². The molecule has 0 aromatic carbocycles. The second-order valence-corrected chi connectivity index (χ2v) is 7.33. The lowest BCUT2D eigenvalue weighted by Crippen LogP contribution is -2.40. The quantitative estimate of drug-likeness (QED) is 0.503. The first-order chi connectivity index (χ1) is 11.9. The van der Waals surface area contributed by atoms with Crippen molar-refractivity contribution in [3.8, 4) is 0 Å². The van der Waals surface area contributed by atoms with Crippen LogP contribution in [-0.2, 0) is 12.6 Å². The molecule has 3 N–H and O–H groups in total. The fourth-order valence-corrected chi connectivity index (χ4v) is 3.11. The van der Waals surface area contributed by atoms with Gasteiger partial charge in [0.2, 0.25) is 0 Å². The number of aliphatic hydroxyl groups is 1. The highest BCUT2D eigenvalue weighted by Gasteiger charge is 2.24. The van der Waals surface area contributed by atoms with Crippen molar-refractivity contribution in [2.45, 2.75) is 38.7 Å². The third-order valence-electron chi connectivity index (χ3n) is 4.90. The monoisotopic (exact) mass is 350 g/mol. The number of hydrogen-bond donors (Lipinski definition) is 3. The number of piperidine rings is 1. The summed E-state index contributed by atoms with van der Waals surface area (Å²) >= 11 is 0. The molecular formula is C18H34N6O. The molecule has 1 unspecified atom stereocenters. The van der Waals surface area contributed by atoms with E-state index in [4.69, 9.17) is 0 Å². The van der Waals surface area contributed by atoms with Crippen LogP contribution in [0.1, 0.15) is 38.7 Å². The highest BCUT2D eigenvalue weighted by atomic mass is 16.3. The molecule has 1 aromatic heterocycles. The molecule has 7 nitrogen and oxygen atoms in total. The van der Waals surface area contributed by atoms with Gasteiger partial charge in [0.05, 0.1) is 12.7 Å². The molecule has 0 bridgehead atoms. The van der Waals surface area contributed by atoms with Crippen LogP contribution in [0.4, 0.5) is 0 Å². The molecule has 2 heterocycles. The van der Waals surface area contributed by atoms with Gasteiger partial charge in [-0.1, -0.05) is 0 Å². The smallest absolute Gasteiger partial charge is 0.191 e. The van der Waals surface area contributed by atoms with Gasteiger partial charge in [-0.05, 0) is 59.2 Å². The molecule has 2 rings (SSSR count). The molecule has 0 saturated carbocycles. The van der Waals surface area contributed by atoms with Gasteiger partial charge >= 0.3 is 0 Å². The Morgan fingerprint density at radius 1 is 1.36 bits per heavy atom. The Kier molecular flexibility index (Phi) is 7.25. The van der Waals surface area contributed by atoms with E-state index in [9.17, 15) is 5.11 Å². The standard InChI is InChI=1S/C18H34N6O/c1-5-19-17(20-9-6-15-7-10-23(3)11-8-15)21-14-18(2,25)16-12-22-24(4)13-16/h12-13,15,25H,5-11,14H2,1-4H3,(H2,19,20,21). The summed E-state index contributed by atoms with van der Waals surface area (Å²) in [6, 6.07) is 0. The van der Waals surface area contributed by atoms with Gasteiger partial charge < -0.3 is 20.6 Å². The summed E-state index contributed by atoms with van der Waals surface area (Å²) in [5.41, 5.74) is -0.245. The molecule has 1 aromatic rings. The molecule has 1 aliphatic heterocycles. The minimum atomic E-state index is -1.02. The Balaban J connectivity index is 1.83. The van der Waals surface area contributed by atoms with Crippen LogP contribution in [0.15, 0.2) is 17.4 Å². The molecule has 25 heavy (non-hydrogen) atoms. The lowest BCUT2D eigenvalue weighted by Gasteiger charge is -2.29. The van der Waals surface area contributed by atoms with E-state index in [1.807, 2.05) is 20.2 Å². The number of rotatable bonds is 7. The van der Waals surface area contributed by atoms with Gasteiger partial charge in [-0.25, -0.2) is 4.99 Å². The fraction of sp³-hybridized carbons (Fsp3) is 0.778. The number of likely N-dealkylation sites (tertiary alicyclic amines) is 1. The third-order valence-corrected chi connectivity index (χ3v) is 4.90. The van der Waals surface area contributed by atoms with E-state index in [0.29, 0.717) is 6.54 Å². The minimum Gasteiger partial charge on any atom is -0.383 e. The third kappa shape index (κ3) is 6.32. The number of aryl methyl sites for hydroxylation is 1. The Morgan fingerprint density at radius 3 is 2.68 bits per heavy atom. The SMILES string of the molecule is CCNC(=NCC(C)(O)c1cnn(C)c1)NCCC1CCN(C)CC1. The summed E-state index contributed by atoms with van der Waals surface area (Å²) in [4.78, 5) is 6.96. The summed E-state index contributed by atoms with van der Waals surface area (Å²) in [5, 5.41) is 21.4. The lowest BCUT2D eigenvalue weighted by molar-refractivity contribution is 0.0671. The van der Waals surface area contributed by atoms with Gasteiger partial charge in [0.1, 0.15) is 5.60 Å². The van der Waals surface area contributed by atoms with Crippen LogP contribution in [0.25, 0.3) is 0 Å². The van der Waals surface area contributed by atoms with Crippen LogP contribution in [-0.4, -0.2) is 65.5 Å². The average Bonchev–Trinajstić information content (AvgIpc) is 3.02. The molecule has 1 fully saturated rings. The molecule has 1 saturated heterocycles. The minimum absolute atomic E-state index is 0.294. The lowest BCUT2D eigenvalue weighted by atomic mass is 9.94. The zero-order chi connectivity index (χ0) is 18.3. The molecule has 7 heteroatoms. The molecule has 0 aliphatic carbocycles. The predicted octanol–water partition coefficient (Wildman–Crippen LogP) is 0.915. The first kappa shape index (κ1) is 19.7. The molecule has 1 atom stereocenters. The van der Waals surface area contributed by atoms with Gasteiger partial charge in [0, 0.05) is 31.9 Å². The van der Waals surface area contributed by atoms with Crippen molar-refractivity contribution in [2.24, 2.45) is 18.0 Å². The summed E-state index contributed by atoms with van der Waals surface area (Å²) in [6.07, 6.45) is 7.24. The van der Waals surface area contributed by atoms with Crippen molar-refractivity contribution in [2.75, 3.05) is 39.8 Å². The zero-order valence-electron chi connectivity index (χ0n) is 16.1. The largest absolute Gasteiger partial charge is 0.383 e. The summed E-state index contributed by atoms with van der Waals surface area (Å²) in [7, 11) is 4.04. The van der Waals surface area contributed by atoms with E-state index in [2.05, 4.69) is 32.7 Å². The van der Waals surface area contributed by atoms with Gasteiger partial charge in [-0.3, -0.25) is 4.68 Å². The Bertz CT molecular complexity index is 546. The summed E-state index contributed by atoms with van der Waals surface area (Å²) in [6.45, 7) is 8.23. The summed E-state index contributed by atoms with van der Waals surface area (Å²) in [5.74, 6) is 1.56. The van der Waals surface area contributed by atoms with Gasteiger partial charge in [-0.2, -0.15) is 5.10 Å². The van der Waals surface area contributed by atoms with Gasteiger partial charge in [-0.15, -0.1) is 0 Å². The van der Waals surface area contributed by atoms with E-state index >= 15 is 0 Å². The number of nitrogens with one attached hydrogen (secondary N) is 2. The van der Waals surface area contributed by atoms with Crippen LogP contribution in [0.3, 0.4) is 0 Å². The highest BCUT2D eigenvalue weighted by molar-refractivity contribution is 5.79. The maximum atomic E-state index is 10.6. The van der Waals surface area contributed by atoms with Crippen LogP contribution in [0.5, 0.6) is 0 Å². The Hall–Kier alpha value is -1.60. The van der Waals surface area contributed by atoms with E-state index in [0.717, 1.165) is 37.0 Å². The van der Waals surface area contributed by atoms with Crippen molar-refractivity contribution in [3.63, 3.8) is 0 Å². The number of aliphatic imine (C=N–C) groups is 1. The first-order valence-corrected chi connectivity index (χ1v) is 9.33. The maximum absolute atomic E-state index is 10.6. The van der Waals surface area contributed by atoms with Crippen molar-refractivity contribution in [1.29, 1.82) is 0 Å². The second-order valence-electron chi connectivity index (χ2n) is 7.33. The van der Waals surface area contributed by atoms with E-state index in [-0.39, 0.29) is 0 Å². The molecule has 0 spiro atoms. The van der Waals surface area contributed by atoms with Crippen molar-refractivity contribution in [3.05, 3.63) is 18.0 Å². The van der Waals surface area contributed by atoms with Crippen molar-refractivity contribution >= 4 is 5.96 Å². The van der Waals surface area contributed by atoms with Crippen LogP contribution >= 0.6 is 0 Å².